The molecule has 0 aromatic carbocycles. The Balaban J connectivity index is 1.74. The topological polar surface area (TPSA) is 59.4 Å². The highest BCUT2D eigenvalue weighted by molar-refractivity contribution is 5.91. The standard InChI is InChI=1S/C18H32N4O2/c1-15(5-7-18(2,3)4)17(23)19-16-6-8-22(20-16)10-9-21-11-13-24-14-12-21/h6,8,15H,5,7,9-14H2,1-4H3,(H,19,20,23). The summed E-state index contributed by atoms with van der Waals surface area (Å²) in [5.74, 6) is 0.699. The number of aromatic nitrogens is 2. The molecule has 1 aliphatic heterocycles. The SMILES string of the molecule is CC(CCC(C)(C)C)C(=O)Nc1ccn(CCN2CCOCC2)n1. The Labute approximate surface area is 145 Å². The second-order valence-corrected chi connectivity index (χ2v) is 7.91. The van der Waals surface area contributed by atoms with Crippen LogP contribution in [0.2, 0.25) is 0 Å². The molecule has 1 aromatic rings. The predicted octanol–water partition coefficient (Wildman–Crippen LogP) is 2.62. The highest BCUT2D eigenvalue weighted by atomic mass is 16.5. The zero-order valence-corrected chi connectivity index (χ0v) is 15.5. The molecule has 1 N–H and O–H groups in total. The van der Waals surface area contributed by atoms with Gasteiger partial charge in [0.15, 0.2) is 5.82 Å². The van der Waals surface area contributed by atoms with Crippen LogP contribution in [0.1, 0.15) is 40.5 Å². The van der Waals surface area contributed by atoms with E-state index in [-0.39, 0.29) is 17.2 Å². The minimum absolute atomic E-state index is 0.00252. The third-order valence-corrected chi connectivity index (χ3v) is 4.42. The molecule has 1 aromatic heterocycles. The van der Waals surface area contributed by atoms with Gasteiger partial charge < -0.3 is 10.1 Å². The van der Waals surface area contributed by atoms with Crippen molar-refractivity contribution in [2.45, 2.75) is 47.1 Å². The van der Waals surface area contributed by atoms with Crippen LogP contribution >= 0.6 is 0 Å². The monoisotopic (exact) mass is 336 g/mol. The van der Waals surface area contributed by atoms with Gasteiger partial charge in [-0.25, -0.2) is 0 Å². The first-order chi connectivity index (χ1) is 11.3. The van der Waals surface area contributed by atoms with Gasteiger partial charge in [0, 0.05) is 37.8 Å². The van der Waals surface area contributed by atoms with Crippen molar-refractivity contribution in [1.82, 2.24) is 14.7 Å². The predicted molar refractivity (Wildman–Crippen MR) is 96.0 cm³/mol. The van der Waals surface area contributed by atoms with Gasteiger partial charge in [0.25, 0.3) is 0 Å². The molecular formula is C18H32N4O2. The molecule has 1 amide bonds. The molecule has 136 valence electrons. The van der Waals surface area contributed by atoms with Gasteiger partial charge >= 0.3 is 0 Å². The first kappa shape index (κ1) is 18.9. The molecule has 0 radical (unpaired) electrons. The zero-order valence-electron chi connectivity index (χ0n) is 15.5. The van der Waals surface area contributed by atoms with Gasteiger partial charge in [0.1, 0.15) is 0 Å². The van der Waals surface area contributed by atoms with Crippen molar-refractivity contribution in [3.05, 3.63) is 12.3 Å². The molecular weight excluding hydrogens is 304 g/mol. The Hall–Kier alpha value is -1.40. The number of ether oxygens (including phenoxy) is 1. The van der Waals surface area contributed by atoms with Crippen molar-refractivity contribution in [3.63, 3.8) is 0 Å². The first-order valence-corrected chi connectivity index (χ1v) is 8.98. The average Bonchev–Trinajstić information content (AvgIpc) is 2.98. The molecule has 24 heavy (non-hydrogen) atoms. The summed E-state index contributed by atoms with van der Waals surface area (Å²) < 4.78 is 7.24. The largest absolute Gasteiger partial charge is 0.379 e. The summed E-state index contributed by atoms with van der Waals surface area (Å²) in [7, 11) is 0. The van der Waals surface area contributed by atoms with E-state index in [0.717, 1.165) is 52.2 Å². The number of morpholine rings is 1. The van der Waals surface area contributed by atoms with E-state index < -0.39 is 0 Å². The summed E-state index contributed by atoms with van der Waals surface area (Å²) in [6.07, 6.45) is 3.86. The van der Waals surface area contributed by atoms with Crippen LogP contribution < -0.4 is 5.32 Å². The maximum atomic E-state index is 12.3. The fourth-order valence-corrected chi connectivity index (χ4v) is 2.65. The summed E-state index contributed by atoms with van der Waals surface area (Å²) in [5.41, 5.74) is 0.260. The molecule has 2 rings (SSSR count). The third-order valence-electron chi connectivity index (χ3n) is 4.42. The van der Waals surface area contributed by atoms with Gasteiger partial charge in [-0.2, -0.15) is 5.10 Å². The Kier molecular flexibility index (Phi) is 6.80. The lowest BCUT2D eigenvalue weighted by Gasteiger charge is -2.26. The van der Waals surface area contributed by atoms with E-state index in [1.54, 1.807) is 0 Å². The summed E-state index contributed by atoms with van der Waals surface area (Å²) in [6.45, 7) is 14.0. The maximum absolute atomic E-state index is 12.3. The molecule has 2 heterocycles. The van der Waals surface area contributed by atoms with Crippen LogP contribution in [0.25, 0.3) is 0 Å². The number of carbonyl (C=O) groups is 1. The van der Waals surface area contributed by atoms with Crippen molar-refractivity contribution in [2.24, 2.45) is 11.3 Å². The van der Waals surface area contributed by atoms with Crippen molar-refractivity contribution in [3.8, 4) is 0 Å². The van der Waals surface area contributed by atoms with E-state index in [9.17, 15) is 4.79 Å². The lowest BCUT2D eigenvalue weighted by Crippen LogP contribution is -2.38. The van der Waals surface area contributed by atoms with E-state index in [4.69, 9.17) is 4.74 Å². The van der Waals surface area contributed by atoms with Gasteiger partial charge in [-0.05, 0) is 18.3 Å². The van der Waals surface area contributed by atoms with Crippen molar-refractivity contribution < 1.29 is 9.53 Å². The van der Waals surface area contributed by atoms with Crippen LogP contribution in [0, 0.1) is 11.3 Å². The van der Waals surface area contributed by atoms with Crippen LogP contribution in [0.3, 0.4) is 0 Å². The van der Waals surface area contributed by atoms with Gasteiger partial charge in [-0.15, -0.1) is 0 Å². The zero-order chi connectivity index (χ0) is 17.6. The fourth-order valence-electron chi connectivity index (χ4n) is 2.65. The van der Waals surface area contributed by atoms with E-state index in [1.807, 2.05) is 23.9 Å². The van der Waals surface area contributed by atoms with E-state index in [1.165, 1.54) is 0 Å². The summed E-state index contributed by atoms with van der Waals surface area (Å²) in [6, 6.07) is 1.87. The second kappa shape index (κ2) is 8.62. The fraction of sp³-hybridized carbons (Fsp3) is 0.778. The highest BCUT2D eigenvalue weighted by Gasteiger charge is 2.18. The van der Waals surface area contributed by atoms with Crippen molar-refractivity contribution in [2.75, 3.05) is 38.2 Å². The quantitative estimate of drug-likeness (QED) is 0.831. The Morgan fingerprint density at radius 1 is 1.33 bits per heavy atom. The number of hydrogen-bond donors (Lipinski definition) is 1. The number of nitrogens with zero attached hydrogens (tertiary/aromatic N) is 3. The normalized spacial score (nSPS) is 17.7. The Morgan fingerprint density at radius 3 is 2.71 bits per heavy atom. The minimum atomic E-state index is 0.00252. The minimum Gasteiger partial charge on any atom is -0.379 e. The molecule has 0 spiro atoms. The number of anilines is 1. The van der Waals surface area contributed by atoms with Crippen LogP contribution in [0.4, 0.5) is 5.82 Å². The molecule has 0 bridgehead atoms. The van der Waals surface area contributed by atoms with Crippen LogP contribution in [0.5, 0.6) is 0 Å². The second-order valence-electron chi connectivity index (χ2n) is 7.91. The van der Waals surface area contributed by atoms with Gasteiger partial charge in [-0.3, -0.25) is 14.4 Å². The molecule has 1 unspecified atom stereocenters. The van der Waals surface area contributed by atoms with Gasteiger partial charge in [0.2, 0.25) is 5.91 Å². The molecule has 6 nitrogen and oxygen atoms in total. The molecule has 1 aliphatic rings. The summed E-state index contributed by atoms with van der Waals surface area (Å²) in [5, 5.41) is 7.38. The van der Waals surface area contributed by atoms with Crippen molar-refractivity contribution >= 4 is 11.7 Å². The maximum Gasteiger partial charge on any atom is 0.228 e. The third kappa shape index (κ3) is 6.61. The number of carbonyl (C=O) groups excluding carboxylic acids is 1. The molecule has 1 fully saturated rings. The smallest absolute Gasteiger partial charge is 0.228 e. The lowest BCUT2D eigenvalue weighted by atomic mass is 9.87. The number of nitrogens with one attached hydrogen (secondary N) is 1. The summed E-state index contributed by atoms with van der Waals surface area (Å²) >= 11 is 0. The molecule has 1 atom stereocenters. The Bertz CT molecular complexity index is 515. The van der Waals surface area contributed by atoms with Crippen LogP contribution in [0.15, 0.2) is 12.3 Å². The molecule has 0 aliphatic carbocycles. The number of amides is 1. The Morgan fingerprint density at radius 2 is 2.04 bits per heavy atom. The molecule has 6 heteroatoms. The van der Waals surface area contributed by atoms with Gasteiger partial charge in [-0.1, -0.05) is 27.7 Å². The molecule has 1 saturated heterocycles. The van der Waals surface area contributed by atoms with E-state index in [2.05, 4.69) is 36.1 Å². The summed E-state index contributed by atoms with van der Waals surface area (Å²) in [4.78, 5) is 14.6. The number of hydrogen-bond acceptors (Lipinski definition) is 4. The van der Waals surface area contributed by atoms with Crippen LogP contribution in [-0.2, 0) is 16.1 Å². The van der Waals surface area contributed by atoms with E-state index in [0.29, 0.717) is 5.82 Å². The van der Waals surface area contributed by atoms with E-state index >= 15 is 0 Å². The first-order valence-electron chi connectivity index (χ1n) is 8.98. The lowest BCUT2D eigenvalue weighted by molar-refractivity contribution is -0.119. The molecule has 0 saturated carbocycles. The van der Waals surface area contributed by atoms with Crippen LogP contribution in [-0.4, -0.2) is 53.4 Å². The van der Waals surface area contributed by atoms with Crippen molar-refractivity contribution in [1.29, 1.82) is 0 Å². The highest BCUT2D eigenvalue weighted by Crippen LogP contribution is 2.24. The number of rotatable bonds is 7. The average molecular weight is 336 g/mol. The van der Waals surface area contributed by atoms with Gasteiger partial charge in [0.05, 0.1) is 19.8 Å².